The van der Waals surface area contributed by atoms with Crippen LogP contribution in [-0.4, -0.2) is 31.7 Å². The number of hydrogen-bond donors (Lipinski definition) is 2. The van der Waals surface area contributed by atoms with Gasteiger partial charge in [-0.05, 0) is 26.4 Å². The first kappa shape index (κ1) is 11.0. The van der Waals surface area contributed by atoms with Crippen LogP contribution in [0.1, 0.15) is 29.5 Å². The van der Waals surface area contributed by atoms with Crippen molar-refractivity contribution < 1.29 is 0 Å². The van der Waals surface area contributed by atoms with Gasteiger partial charge in [0.25, 0.3) is 0 Å². The van der Waals surface area contributed by atoms with Gasteiger partial charge in [0.1, 0.15) is 0 Å². The van der Waals surface area contributed by atoms with Crippen molar-refractivity contribution in [1.82, 2.24) is 15.6 Å². The fraction of sp³-hybridized carbons (Fsp3) is 0.727. The number of aromatic nitrogens is 1. The predicted molar refractivity (Wildman–Crippen MR) is 64.6 cm³/mol. The van der Waals surface area contributed by atoms with Crippen molar-refractivity contribution in [3.8, 4) is 0 Å². The van der Waals surface area contributed by atoms with Crippen molar-refractivity contribution in [3.63, 3.8) is 0 Å². The standard InChI is InChI=1S/C11H19N3S/c1-12-6-4-10-8-15-11(14-10)9-3-2-5-13-7-9/h8-9,12-13H,2-7H2,1H3. The summed E-state index contributed by atoms with van der Waals surface area (Å²) in [6, 6.07) is 0. The van der Waals surface area contributed by atoms with Crippen LogP contribution >= 0.6 is 11.3 Å². The highest BCUT2D eigenvalue weighted by Gasteiger charge is 2.17. The second kappa shape index (κ2) is 5.58. The van der Waals surface area contributed by atoms with Crippen molar-refractivity contribution in [3.05, 3.63) is 16.1 Å². The number of rotatable bonds is 4. The first-order valence-electron chi connectivity index (χ1n) is 5.70. The summed E-state index contributed by atoms with van der Waals surface area (Å²) in [6.07, 6.45) is 3.63. The zero-order valence-corrected chi connectivity index (χ0v) is 10.1. The van der Waals surface area contributed by atoms with Crippen molar-refractivity contribution in [1.29, 1.82) is 0 Å². The van der Waals surface area contributed by atoms with Gasteiger partial charge < -0.3 is 10.6 Å². The monoisotopic (exact) mass is 225 g/mol. The molecule has 1 atom stereocenters. The van der Waals surface area contributed by atoms with Gasteiger partial charge in [-0.25, -0.2) is 4.98 Å². The quantitative estimate of drug-likeness (QED) is 0.812. The second-order valence-corrected chi connectivity index (χ2v) is 4.96. The molecule has 0 spiro atoms. The van der Waals surface area contributed by atoms with Gasteiger partial charge in [0.2, 0.25) is 0 Å². The van der Waals surface area contributed by atoms with Crippen LogP contribution in [0.3, 0.4) is 0 Å². The molecule has 1 unspecified atom stereocenters. The topological polar surface area (TPSA) is 37.0 Å². The Hall–Kier alpha value is -0.450. The van der Waals surface area contributed by atoms with Gasteiger partial charge in [0, 0.05) is 30.8 Å². The first-order valence-corrected chi connectivity index (χ1v) is 6.57. The van der Waals surface area contributed by atoms with E-state index in [1.54, 1.807) is 0 Å². The Morgan fingerprint density at radius 3 is 3.33 bits per heavy atom. The summed E-state index contributed by atoms with van der Waals surface area (Å²) >= 11 is 1.83. The van der Waals surface area contributed by atoms with E-state index in [1.165, 1.54) is 30.1 Å². The molecule has 0 saturated carbocycles. The van der Waals surface area contributed by atoms with Gasteiger partial charge in [0.15, 0.2) is 0 Å². The van der Waals surface area contributed by atoms with Gasteiger partial charge in [-0.1, -0.05) is 0 Å². The summed E-state index contributed by atoms with van der Waals surface area (Å²) in [4.78, 5) is 4.71. The van der Waals surface area contributed by atoms with E-state index in [0.29, 0.717) is 5.92 Å². The summed E-state index contributed by atoms with van der Waals surface area (Å²) in [7, 11) is 1.98. The van der Waals surface area contributed by atoms with Crippen molar-refractivity contribution in [2.24, 2.45) is 0 Å². The lowest BCUT2D eigenvalue weighted by atomic mass is 10.0. The lowest BCUT2D eigenvalue weighted by Crippen LogP contribution is -2.28. The van der Waals surface area contributed by atoms with E-state index >= 15 is 0 Å². The van der Waals surface area contributed by atoms with Gasteiger partial charge >= 0.3 is 0 Å². The minimum Gasteiger partial charge on any atom is -0.319 e. The van der Waals surface area contributed by atoms with Crippen molar-refractivity contribution in [2.45, 2.75) is 25.2 Å². The van der Waals surface area contributed by atoms with E-state index in [-0.39, 0.29) is 0 Å². The van der Waals surface area contributed by atoms with Crippen LogP contribution < -0.4 is 10.6 Å². The van der Waals surface area contributed by atoms with E-state index < -0.39 is 0 Å². The van der Waals surface area contributed by atoms with Gasteiger partial charge in [-0.2, -0.15) is 0 Å². The zero-order valence-electron chi connectivity index (χ0n) is 9.25. The van der Waals surface area contributed by atoms with E-state index in [9.17, 15) is 0 Å². The maximum Gasteiger partial charge on any atom is 0.0971 e. The average molecular weight is 225 g/mol. The molecule has 0 amide bonds. The Morgan fingerprint density at radius 2 is 2.60 bits per heavy atom. The molecular formula is C11H19N3S. The molecule has 2 heterocycles. The molecule has 4 heteroatoms. The van der Waals surface area contributed by atoms with Crippen LogP contribution in [0.4, 0.5) is 0 Å². The first-order chi connectivity index (χ1) is 7.40. The highest BCUT2D eigenvalue weighted by molar-refractivity contribution is 7.09. The molecule has 0 bridgehead atoms. The Morgan fingerprint density at radius 1 is 1.67 bits per heavy atom. The van der Waals surface area contributed by atoms with Crippen LogP contribution in [0.2, 0.25) is 0 Å². The fourth-order valence-electron chi connectivity index (χ4n) is 1.94. The molecular weight excluding hydrogens is 206 g/mol. The smallest absolute Gasteiger partial charge is 0.0971 e. The van der Waals surface area contributed by atoms with E-state index in [0.717, 1.165) is 19.5 Å². The maximum atomic E-state index is 4.71. The molecule has 1 aromatic rings. The van der Waals surface area contributed by atoms with Crippen molar-refractivity contribution in [2.75, 3.05) is 26.7 Å². The van der Waals surface area contributed by atoms with Crippen LogP contribution in [0.25, 0.3) is 0 Å². The highest BCUT2D eigenvalue weighted by Crippen LogP contribution is 2.26. The third-order valence-corrected chi connectivity index (χ3v) is 3.90. The Kier molecular flexibility index (Phi) is 4.11. The average Bonchev–Trinajstić information content (AvgIpc) is 2.76. The summed E-state index contributed by atoms with van der Waals surface area (Å²) in [6.45, 7) is 3.31. The maximum absolute atomic E-state index is 4.71. The van der Waals surface area contributed by atoms with Gasteiger partial charge in [0.05, 0.1) is 10.7 Å². The number of thiazole rings is 1. The molecule has 2 rings (SSSR count). The molecule has 1 saturated heterocycles. The number of hydrogen-bond acceptors (Lipinski definition) is 4. The normalized spacial score (nSPS) is 21.8. The number of nitrogens with zero attached hydrogens (tertiary/aromatic N) is 1. The summed E-state index contributed by atoms with van der Waals surface area (Å²) in [5, 5.41) is 10.1. The molecule has 1 aliphatic heterocycles. The molecule has 0 aliphatic carbocycles. The van der Waals surface area contributed by atoms with Crippen LogP contribution in [-0.2, 0) is 6.42 Å². The van der Waals surface area contributed by atoms with Gasteiger partial charge in [-0.15, -0.1) is 11.3 Å². The van der Waals surface area contributed by atoms with Crippen molar-refractivity contribution >= 4 is 11.3 Å². The molecule has 84 valence electrons. The minimum atomic E-state index is 0.659. The third-order valence-electron chi connectivity index (χ3n) is 2.85. The van der Waals surface area contributed by atoms with Crippen LogP contribution in [0.5, 0.6) is 0 Å². The zero-order chi connectivity index (χ0) is 10.5. The van der Waals surface area contributed by atoms with Crippen LogP contribution in [0, 0.1) is 0 Å². The minimum absolute atomic E-state index is 0.659. The van der Waals surface area contributed by atoms with E-state index in [2.05, 4.69) is 16.0 Å². The molecule has 1 fully saturated rings. The molecule has 2 N–H and O–H groups in total. The Balaban J connectivity index is 1.93. The summed E-state index contributed by atoms with van der Waals surface area (Å²) in [5.74, 6) is 0.659. The summed E-state index contributed by atoms with van der Waals surface area (Å²) in [5.41, 5.74) is 1.25. The predicted octanol–water partition coefficient (Wildman–Crippen LogP) is 1.37. The highest BCUT2D eigenvalue weighted by atomic mass is 32.1. The lowest BCUT2D eigenvalue weighted by molar-refractivity contribution is 0.460. The van der Waals surface area contributed by atoms with Crippen LogP contribution in [0.15, 0.2) is 5.38 Å². The fourth-order valence-corrected chi connectivity index (χ4v) is 2.93. The molecule has 1 aromatic heterocycles. The Labute approximate surface area is 95.3 Å². The number of piperidine rings is 1. The number of likely N-dealkylation sites (N-methyl/N-ethyl adjacent to an activating group) is 1. The Bertz CT molecular complexity index is 292. The lowest BCUT2D eigenvalue weighted by Gasteiger charge is -2.20. The number of nitrogens with one attached hydrogen (secondary N) is 2. The largest absolute Gasteiger partial charge is 0.319 e. The molecule has 0 radical (unpaired) electrons. The van der Waals surface area contributed by atoms with E-state index in [4.69, 9.17) is 4.98 Å². The second-order valence-electron chi connectivity index (χ2n) is 4.07. The molecule has 15 heavy (non-hydrogen) atoms. The summed E-state index contributed by atoms with van der Waals surface area (Å²) < 4.78 is 0. The molecule has 1 aliphatic rings. The SMILES string of the molecule is CNCCc1csc(C2CCCNC2)n1. The van der Waals surface area contributed by atoms with E-state index in [1.807, 2.05) is 18.4 Å². The molecule has 0 aromatic carbocycles. The molecule has 3 nitrogen and oxygen atoms in total. The van der Waals surface area contributed by atoms with Gasteiger partial charge in [-0.3, -0.25) is 0 Å². The third kappa shape index (κ3) is 3.00.